The molecule has 4 rings (SSSR count). The van der Waals surface area contributed by atoms with Crippen LogP contribution >= 0.6 is 23.6 Å². The summed E-state index contributed by atoms with van der Waals surface area (Å²) in [4.78, 5) is 15.6. The van der Waals surface area contributed by atoms with Crippen molar-refractivity contribution in [1.29, 1.82) is 0 Å². The molecule has 1 aromatic heterocycles. The van der Waals surface area contributed by atoms with E-state index in [0.717, 1.165) is 17.0 Å². The summed E-state index contributed by atoms with van der Waals surface area (Å²) in [5.41, 5.74) is 0.434. The van der Waals surface area contributed by atoms with Gasteiger partial charge in [-0.3, -0.25) is 4.79 Å². The number of halogens is 3. The van der Waals surface area contributed by atoms with E-state index in [4.69, 9.17) is 12.2 Å². The van der Waals surface area contributed by atoms with Crippen LogP contribution in [0.25, 0.3) is 0 Å². The van der Waals surface area contributed by atoms with E-state index in [-0.39, 0.29) is 23.2 Å². The number of aliphatic hydroxyl groups is 2. The monoisotopic (exact) mass is 487 g/mol. The molecule has 5 atom stereocenters. The van der Waals surface area contributed by atoms with Gasteiger partial charge in [-0.15, -0.1) is 24.5 Å². The highest BCUT2D eigenvalue weighted by Crippen LogP contribution is 2.37. The molecule has 1 aliphatic carbocycles. The lowest BCUT2D eigenvalue weighted by atomic mass is 9.77. The Labute approximate surface area is 190 Å². The van der Waals surface area contributed by atoms with Crippen molar-refractivity contribution in [3.63, 3.8) is 0 Å². The van der Waals surface area contributed by atoms with Crippen LogP contribution in [0.3, 0.4) is 0 Å². The number of fused-ring (bicyclic) bond motifs is 1. The molecule has 7 nitrogen and oxygen atoms in total. The van der Waals surface area contributed by atoms with Gasteiger partial charge >= 0.3 is 6.36 Å². The standard InChI is InChI=1S/C20H20F3N3O4S2/c21-20(22,23)30-11-5-3-10(4-6-11)26-16-13(18(29)24-9-12-2-1-7-32-12)8-14(27)17(28)15(16)25-19(26)31/h1-7,13-17,27-28H,8-9H2,(H,24,29)(H,25,31)/t13-,14-,15-,16-,17+/m1/s1. The summed E-state index contributed by atoms with van der Waals surface area (Å²) in [6.07, 6.45) is -7.11. The van der Waals surface area contributed by atoms with Gasteiger partial charge in [-0.1, -0.05) is 6.07 Å². The molecule has 2 fully saturated rings. The van der Waals surface area contributed by atoms with Crippen molar-refractivity contribution in [2.45, 2.75) is 43.6 Å². The van der Waals surface area contributed by atoms with Crippen molar-refractivity contribution in [3.8, 4) is 5.75 Å². The van der Waals surface area contributed by atoms with E-state index in [0.29, 0.717) is 12.2 Å². The zero-order valence-electron chi connectivity index (χ0n) is 16.5. The summed E-state index contributed by atoms with van der Waals surface area (Å²) in [6.45, 7) is 0.324. The first-order valence-corrected chi connectivity index (χ1v) is 11.0. The average molecular weight is 488 g/mol. The Bertz CT molecular complexity index is 971. The first kappa shape index (κ1) is 22.8. The number of rotatable bonds is 5. The van der Waals surface area contributed by atoms with E-state index in [1.54, 1.807) is 4.90 Å². The number of aliphatic hydroxyl groups excluding tert-OH is 2. The fourth-order valence-corrected chi connectivity index (χ4v) is 5.18. The molecule has 2 aromatic rings. The number of ether oxygens (including phenoxy) is 1. The van der Waals surface area contributed by atoms with Crippen LogP contribution in [-0.2, 0) is 11.3 Å². The van der Waals surface area contributed by atoms with Gasteiger partial charge in [-0.2, -0.15) is 0 Å². The van der Waals surface area contributed by atoms with Gasteiger partial charge in [-0.25, -0.2) is 0 Å². The van der Waals surface area contributed by atoms with Crippen LogP contribution < -0.4 is 20.3 Å². The maximum absolute atomic E-state index is 13.0. The highest BCUT2D eigenvalue weighted by atomic mass is 32.1. The SMILES string of the molecule is O=C(NCc1cccs1)[C@@H]1C[C@@H](O)[C@H](O)[C@@H]2NC(=S)N(c3ccc(OC(F)(F)F)cc3)[C@@H]21. The topological polar surface area (TPSA) is 94.1 Å². The normalized spacial score (nSPS) is 27.6. The smallest absolute Gasteiger partial charge is 0.406 e. The van der Waals surface area contributed by atoms with Crippen molar-refractivity contribution in [1.82, 2.24) is 10.6 Å². The summed E-state index contributed by atoms with van der Waals surface area (Å²) >= 11 is 6.89. The molecule has 0 radical (unpaired) electrons. The number of nitrogens with zero attached hydrogens (tertiary/aromatic N) is 1. The molecule has 0 unspecified atom stereocenters. The zero-order chi connectivity index (χ0) is 23.0. The number of anilines is 1. The Balaban J connectivity index is 1.58. The number of carbonyl (C=O) groups excluding carboxylic acids is 1. The second-order valence-corrected chi connectivity index (χ2v) is 8.99. The molecule has 1 aliphatic heterocycles. The molecule has 2 aliphatic rings. The van der Waals surface area contributed by atoms with Crippen LogP contribution in [0.15, 0.2) is 41.8 Å². The van der Waals surface area contributed by atoms with Crippen molar-refractivity contribution in [2.24, 2.45) is 5.92 Å². The summed E-state index contributed by atoms with van der Waals surface area (Å²) in [7, 11) is 0. The predicted molar refractivity (Wildman–Crippen MR) is 115 cm³/mol. The minimum Gasteiger partial charge on any atom is -0.406 e. The van der Waals surface area contributed by atoms with E-state index in [1.165, 1.54) is 23.5 Å². The summed E-state index contributed by atoms with van der Waals surface area (Å²) in [5, 5.41) is 28.7. The zero-order valence-corrected chi connectivity index (χ0v) is 18.1. The Morgan fingerprint density at radius 3 is 2.62 bits per heavy atom. The molecule has 12 heteroatoms. The Kier molecular flexibility index (Phi) is 6.30. The molecule has 172 valence electrons. The average Bonchev–Trinajstić information content (AvgIpc) is 3.36. The molecule has 4 N–H and O–H groups in total. The number of nitrogens with one attached hydrogen (secondary N) is 2. The second kappa shape index (κ2) is 8.85. The number of alkyl halides is 3. The van der Waals surface area contributed by atoms with E-state index in [2.05, 4.69) is 15.4 Å². The number of thiophene rings is 1. The Morgan fingerprint density at radius 1 is 1.28 bits per heavy atom. The molecule has 1 saturated heterocycles. The highest BCUT2D eigenvalue weighted by Gasteiger charge is 2.53. The maximum atomic E-state index is 13.0. The molecule has 1 saturated carbocycles. The minimum absolute atomic E-state index is 0.00860. The lowest BCUT2D eigenvalue weighted by Crippen LogP contribution is -2.60. The van der Waals surface area contributed by atoms with E-state index < -0.39 is 36.6 Å². The summed E-state index contributed by atoms with van der Waals surface area (Å²) < 4.78 is 41.3. The summed E-state index contributed by atoms with van der Waals surface area (Å²) in [6, 6.07) is 7.49. The quantitative estimate of drug-likeness (QED) is 0.480. The third-order valence-corrected chi connectivity index (χ3v) is 6.74. The van der Waals surface area contributed by atoms with Crippen LogP contribution in [-0.4, -0.2) is 51.9 Å². The minimum atomic E-state index is -4.81. The molecule has 1 amide bonds. The van der Waals surface area contributed by atoms with E-state index >= 15 is 0 Å². The fourth-order valence-electron chi connectivity index (χ4n) is 4.17. The first-order chi connectivity index (χ1) is 15.1. The van der Waals surface area contributed by atoms with Gasteiger partial charge in [0, 0.05) is 10.6 Å². The fraction of sp³-hybridized carbons (Fsp3) is 0.400. The van der Waals surface area contributed by atoms with Gasteiger partial charge in [-0.05, 0) is 54.4 Å². The maximum Gasteiger partial charge on any atom is 0.573 e. The highest BCUT2D eigenvalue weighted by molar-refractivity contribution is 7.80. The van der Waals surface area contributed by atoms with Gasteiger partial charge in [0.25, 0.3) is 0 Å². The van der Waals surface area contributed by atoms with Gasteiger partial charge < -0.3 is 30.5 Å². The van der Waals surface area contributed by atoms with Gasteiger partial charge in [0.15, 0.2) is 5.11 Å². The van der Waals surface area contributed by atoms with Crippen LogP contribution in [0.2, 0.25) is 0 Å². The Morgan fingerprint density at radius 2 is 2.00 bits per heavy atom. The van der Waals surface area contributed by atoms with Gasteiger partial charge in [0.1, 0.15) is 11.9 Å². The number of thiocarbonyl (C=S) groups is 1. The molecular formula is C20H20F3N3O4S2. The van der Waals surface area contributed by atoms with E-state index in [9.17, 15) is 28.2 Å². The first-order valence-electron chi connectivity index (χ1n) is 9.76. The van der Waals surface area contributed by atoms with Crippen LogP contribution in [0.5, 0.6) is 5.75 Å². The van der Waals surface area contributed by atoms with Crippen molar-refractivity contribution >= 4 is 40.3 Å². The summed E-state index contributed by atoms with van der Waals surface area (Å²) in [5.74, 6) is -1.43. The molecule has 2 heterocycles. The molecule has 32 heavy (non-hydrogen) atoms. The van der Waals surface area contributed by atoms with Crippen molar-refractivity contribution < 1.29 is 32.9 Å². The largest absolute Gasteiger partial charge is 0.573 e. The number of carbonyl (C=O) groups is 1. The number of hydrogen-bond donors (Lipinski definition) is 4. The van der Waals surface area contributed by atoms with Crippen molar-refractivity contribution in [3.05, 3.63) is 46.7 Å². The van der Waals surface area contributed by atoms with Gasteiger partial charge in [0.2, 0.25) is 5.91 Å². The van der Waals surface area contributed by atoms with Crippen molar-refractivity contribution in [2.75, 3.05) is 4.90 Å². The lowest BCUT2D eigenvalue weighted by molar-refractivity contribution is -0.274. The molecule has 0 spiro atoms. The molecule has 0 bridgehead atoms. The molecule has 1 aromatic carbocycles. The van der Waals surface area contributed by atoms with E-state index in [1.807, 2.05) is 17.5 Å². The van der Waals surface area contributed by atoms with Crippen LogP contribution in [0, 0.1) is 5.92 Å². The number of hydrogen-bond acceptors (Lipinski definition) is 6. The number of benzene rings is 1. The number of amides is 1. The predicted octanol–water partition coefficient (Wildman–Crippen LogP) is 2.14. The third kappa shape index (κ3) is 4.68. The van der Waals surface area contributed by atoms with Crippen LogP contribution in [0.4, 0.5) is 18.9 Å². The Hall–Kier alpha value is -2.41. The lowest BCUT2D eigenvalue weighted by Gasteiger charge is -2.41. The van der Waals surface area contributed by atoms with Crippen LogP contribution in [0.1, 0.15) is 11.3 Å². The second-order valence-electron chi connectivity index (χ2n) is 7.57. The molecular weight excluding hydrogens is 467 g/mol. The van der Waals surface area contributed by atoms with Gasteiger partial charge in [0.05, 0.1) is 30.7 Å². The third-order valence-electron chi connectivity index (χ3n) is 5.55.